The van der Waals surface area contributed by atoms with E-state index in [9.17, 15) is 0 Å². The number of hydrogen-bond acceptors (Lipinski definition) is 4. The molecule has 5 nitrogen and oxygen atoms in total. The topological polar surface area (TPSA) is 56.7 Å². The van der Waals surface area contributed by atoms with Crippen LogP contribution in [0.15, 0.2) is 235 Å². The Morgan fingerprint density at radius 1 is 0.314 bits per heavy atom. The molecule has 0 aliphatic carbocycles. The lowest BCUT2D eigenvalue weighted by Crippen LogP contribution is -1.99. The van der Waals surface area contributed by atoms with Crippen molar-refractivity contribution in [3.05, 3.63) is 231 Å². The minimum Gasteiger partial charge on any atom is -0.456 e. The lowest BCUT2D eigenvalue weighted by Gasteiger charge is -2.16. The summed E-state index contributed by atoms with van der Waals surface area (Å²) in [6.07, 6.45) is 3.73. The Hall–Kier alpha value is -9.45. The van der Waals surface area contributed by atoms with Gasteiger partial charge in [-0.05, 0) is 127 Å². The number of pyridine rings is 3. The van der Waals surface area contributed by atoms with E-state index in [1.165, 1.54) is 54.2 Å². The van der Waals surface area contributed by atoms with E-state index in [0.717, 1.165) is 94.1 Å². The van der Waals surface area contributed by atoms with Crippen LogP contribution in [0.25, 0.3) is 148 Å². The fourth-order valence-electron chi connectivity index (χ4n) is 11.2. The molecule has 15 aromatic rings. The van der Waals surface area contributed by atoms with Crippen LogP contribution in [0.5, 0.6) is 0 Å². The molecule has 0 fully saturated rings. The molecule has 0 spiro atoms. The van der Waals surface area contributed by atoms with Crippen LogP contribution in [-0.2, 0) is 0 Å². The van der Waals surface area contributed by atoms with E-state index in [0.29, 0.717) is 0 Å². The van der Waals surface area contributed by atoms with E-state index in [1.807, 2.05) is 36.7 Å². The van der Waals surface area contributed by atoms with Crippen molar-refractivity contribution in [2.24, 2.45) is 0 Å². The molecule has 0 saturated carbocycles. The van der Waals surface area contributed by atoms with Crippen molar-refractivity contribution in [2.75, 3.05) is 0 Å². The predicted octanol–water partition coefficient (Wildman–Crippen LogP) is 17.3. The number of furan rings is 1. The van der Waals surface area contributed by atoms with Gasteiger partial charge in [0, 0.05) is 55.8 Å². The van der Waals surface area contributed by atoms with Crippen molar-refractivity contribution in [2.45, 2.75) is 0 Å². The van der Waals surface area contributed by atoms with Gasteiger partial charge in [-0.3, -0.25) is 9.97 Å². The zero-order valence-electron chi connectivity index (χ0n) is 37.6. The molecule has 0 atom stereocenters. The highest BCUT2D eigenvalue weighted by Crippen LogP contribution is 2.44. The summed E-state index contributed by atoms with van der Waals surface area (Å²) in [7, 11) is 0. The smallest absolute Gasteiger partial charge is 0.136 e. The van der Waals surface area contributed by atoms with Crippen LogP contribution in [0, 0.1) is 0 Å². The van der Waals surface area contributed by atoms with Gasteiger partial charge in [0.15, 0.2) is 0 Å². The maximum atomic E-state index is 6.37. The van der Waals surface area contributed by atoms with Gasteiger partial charge in [0.1, 0.15) is 11.2 Å². The molecule has 0 aliphatic heterocycles. The highest BCUT2D eigenvalue weighted by atomic mass is 16.3. The molecule has 10 aromatic carbocycles. The van der Waals surface area contributed by atoms with Crippen LogP contribution in [-0.4, -0.2) is 19.5 Å². The van der Waals surface area contributed by atoms with Crippen molar-refractivity contribution in [3.8, 4) is 50.5 Å². The second-order valence-corrected chi connectivity index (χ2v) is 18.3. The van der Waals surface area contributed by atoms with E-state index >= 15 is 0 Å². The van der Waals surface area contributed by atoms with E-state index in [-0.39, 0.29) is 0 Å². The molecule has 0 N–H and O–H groups in total. The van der Waals surface area contributed by atoms with Gasteiger partial charge in [-0.1, -0.05) is 146 Å². The van der Waals surface area contributed by atoms with Crippen LogP contribution in [0.2, 0.25) is 0 Å². The zero-order chi connectivity index (χ0) is 45.9. The average Bonchev–Trinajstić information content (AvgIpc) is 3.97. The summed E-state index contributed by atoms with van der Waals surface area (Å²) in [5.74, 6) is 0. The van der Waals surface area contributed by atoms with E-state index in [1.54, 1.807) is 0 Å². The third-order valence-electron chi connectivity index (χ3n) is 14.4. The number of para-hydroxylation sites is 3. The molecule has 0 aliphatic rings. The Balaban J connectivity index is 1.03. The molecule has 0 bridgehead atoms. The average molecular weight is 891 g/mol. The van der Waals surface area contributed by atoms with Gasteiger partial charge < -0.3 is 8.98 Å². The first-order valence-electron chi connectivity index (χ1n) is 23.7. The number of fused-ring (bicyclic) bond motifs is 14. The molecule has 0 saturated heterocycles. The van der Waals surface area contributed by atoms with Gasteiger partial charge in [0.2, 0.25) is 0 Å². The summed E-state index contributed by atoms with van der Waals surface area (Å²) in [6, 6.07) is 78.6. The standard InChI is InChI=1S/C65H38N4O/c1-2-12-39(13-3-1)42-26-29-60-56(33-42)57-37-54-47-19-5-4-18-46(47)53-32-43(44-25-28-50-49-20-6-7-23-62(49)70-63(50)34-44)24-27-48(53)55(54)38-61(57)69(60)45-35-58(51-21-8-14-40-16-10-30-66-64(40)51)68-59(36-45)52-22-9-15-41-17-11-31-67-65(41)52/h1-38H. The van der Waals surface area contributed by atoms with Crippen LogP contribution in [0.3, 0.4) is 0 Å². The van der Waals surface area contributed by atoms with E-state index < -0.39 is 0 Å². The fourth-order valence-corrected chi connectivity index (χ4v) is 11.2. The number of rotatable bonds is 5. The van der Waals surface area contributed by atoms with Crippen LogP contribution in [0.1, 0.15) is 0 Å². The Labute approximate surface area is 401 Å². The first kappa shape index (κ1) is 38.6. The van der Waals surface area contributed by atoms with Crippen molar-refractivity contribution in [3.63, 3.8) is 0 Å². The first-order valence-corrected chi connectivity index (χ1v) is 23.7. The highest BCUT2D eigenvalue weighted by Gasteiger charge is 2.21. The van der Waals surface area contributed by atoms with Crippen molar-refractivity contribution >= 4 is 97.9 Å². The Morgan fingerprint density at radius 3 is 1.57 bits per heavy atom. The molecule has 5 heteroatoms. The SMILES string of the molecule is c1ccc(-c2ccc3c(c2)c2cc4c5ccccc5c5cc(-c6ccc7c(c6)oc6ccccc67)ccc5c4cc2n3-c2cc(-c3cccc4cccnc34)nc(-c3cccc4cccnc34)c2)cc1. The summed E-state index contributed by atoms with van der Waals surface area (Å²) in [4.78, 5) is 15.3. The van der Waals surface area contributed by atoms with E-state index in [4.69, 9.17) is 19.4 Å². The minimum absolute atomic E-state index is 0.839. The Bertz CT molecular complexity index is 4550. The molecule has 0 radical (unpaired) electrons. The van der Waals surface area contributed by atoms with Crippen molar-refractivity contribution in [1.29, 1.82) is 0 Å². The summed E-state index contributed by atoms with van der Waals surface area (Å²) in [5.41, 5.74) is 15.1. The van der Waals surface area contributed by atoms with Gasteiger partial charge in [-0.15, -0.1) is 0 Å². The van der Waals surface area contributed by atoms with E-state index in [2.05, 4.69) is 199 Å². The first-order chi connectivity index (χ1) is 34.7. The molecule has 324 valence electrons. The zero-order valence-corrected chi connectivity index (χ0v) is 37.6. The van der Waals surface area contributed by atoms with Crippen LogP contribution >= 0.6 is 0 Å². The van der Waals surface area contributed by atoms with Crippen molar-refractivity contribution in [1.82, 2.24) is 19.5 Å². The summed E-state index contributed by atoms with van der Waals surface area (Å²) in [6.45, 7) is 0. The molecule has 70 heavy (non-hydrogen) atoms. The van der Waals surface area contributed by atoms with Gasteiger partial charge in [0.05, 0.1) is 39.1 Å². The summed E-state index contributed by atoms with van der Waals surface area (Å²) in [5, 5.41) is 14.0. The second-order valence-electron chi connectivity index (χ2n) is 18.3. The maximum Gasteiger partial charge on any atom is 0.136 e. The molecule has 0 amide bonds. The number of hydrogen-bond donors (Lipinski definition) is 0. The molecular weight excluding hydrogens is 853 g/mol. The quantitative estimate of drug-likeness (QED) is 0.162. The predicted molar refractivity (Wildman–Crippen MR) is 291 cm³/mol. The summed E-state index contributed by atoms with van der Waals surface area (Å²) < 4.78 is 8.81. The van der Waals surface area contributed by atoms with Gasteiger partial charge in [0.25, 0.3) is 0 Å². The van der Waals surface area contributed by atoms with Gasteiger partial charge in [-0.25, -0.2) is 4.98 Å². The minimum atomic E-state index is 0.839. The number of nitrogens with zero attached hydrogens (tertiary/aromatic N) is 4. The Kier molecular flexibility index (Phi) is 8.29. The maximum absolute atomic E-state index is 6.37. The van der Waals surface area contributed by atoms with Crippen LogP contribution in [0.4, 0.5) is 0 Å². The second kappa shape index (κ2) is 15.0. The van der Waals surface area contributed by atoms with Crippen LogP contribution < -0.4 is 0 Å². The molecule has 5 heterocycles. The Morgan fingerprint density at radius 2 is 0.843 bits per heavy atom. The van der Waals surface area contributed by atoms with Gasteiger partial charge in [-0.2, -0.15) is 0 Å². The summed E-state index contributed by atoms with van der Waals surface area (Å²) >= 11 is 0. The largest absolute Gasteiger partial charge is 0.456 e. The third-order valence-corrected chi connectivity index (χ3v) is 14.4. The number of aromatic nitrogens is 4. The van der Waals surface area contributed by atoms with Gasteiger partial charge >= 0.3 is 0 Å². The molecule has 15 rings (SSSR count). The lowest BCUT2D eigenvalue weighted by atomic mass is 9.91. The molecule has 5 aromatic heterocycles. The van der Waals surface area contributed by atoms with Crippen molar-refractivity contribution < 1.29 is 4.42 Å². The fraction of sp³-hybridized carbons (Fsp3) is 0. The normalized spacial score (nSPS) is 12.0. The molecule has 0 unspecified atom stereocenters. The third kappa shape index (κ3) is 5.88. The highest BCUT2D eigenvalue weighted by molar-refractivity contribution is 6.29. The molecular formula is C65H38N4O. The lowest BCUT2D eigenvalue weighted by molar-refractivity contribution is 0.669. The number of benzene rings is 10. The monoisotopic (exact) mass is 890 g/mol.